The highest BCUT2D eigenvalue weighted by Crippen LogP contribution is 2.34. The third-order valence-electron chi connectivity index (χ3n) is 7.01. The van der Waals surface area contributed by atoms with Crippen LogP contribution in [0.5, 0.6) is 0 Å². The van der Waals surface area contributed by atoms with Gasteiger partial charge >= 0.3 is 12.1 Å². The molecule has 7 nitrogen and oxygen atoms in total. The molecule has 1 saturated carbocycles. The van der Waals surface area contributed by atoms with E-state index in [1.807, 2.05) is 18.2 Å². The van der Waals surface area contributed by atoms with E-state index in [1.54, 1.807) is 30.5 Å². The molecule has 37 heavy (non-hydrogen) atoms. The van der Waals surface area contributed by atoms with Gasteiger partial charge < -0.3 is 20.1 Å². The number of hydrogen-bond acceptors (Lipinski definition) is 5. The van der Waals surface area contributed by atoms with Crippen molar-refractivity contribution < 1.29 is 18.0 Å². The summed E-state index contributed by atoms with van der Waals surface area (Å²) < 4.78 is 40.0. The number of nitrogens with zero attached hydrogens (tertiary/aromatic N) is 4. The number of pyridine rings is 1. The van der Waals surface area contributed by atoms with Crippen LogP contribution in [-0.4, -0.2) is 54.3 Å². The van der Waals surface area contributed by atoms with Crippen LogP contribution in [0.15, 0.2) is 48.7 Å². The Hall–Kier alpha value is -3.84. The fourth-order valence-corrected chi connectivity index (χ4v) is 5.16. The summed E-state index contributed by atoms with van der Waals surface area (Å²) in [4.78, 5) is 23.1. The first kappa shape index (κ1) is 24.8. The van der Waals surface area contributed by atoms with Crippen LogP contribution in [-0.2, 0) is 4.79 Å². The van der Waals surface area contributed by atoms with E-state index < -0.39 is 18.1 Å². The maximum absolute atomic E-state index is 13.3. The molecule has 192 valence electrons. The highest BCUT2D eigenvalue weighted by molar-refractivity contribution is 5.98. The van der Waals surface area contributed by atoms with E-state index in [2.05, 4.69) is 26.3 Å². The van der Waals surface area contributed by atoms with Crippen LogP contribution < -0.4 is 15.1 Å². The van der Waals surface area contributed by atoms with Crippen LogP contribution in [0, 0.1) is 11.3 Å². The van der Waals surface area contributed by atoms with Crippen LogP contribution in [0.3, 0.4) is 0 Å². The molecule has 0 spiro atoms. The van der Waals surface area contributed by atoms with Gasteiger partial charge in [0, 0.05) is 60.9 Å². The van der Waals surface area contributed by atoms with Gasteiger partial charge in [-0.25, -0.2) is 0 Å². The predicted molar refractivity (Wildman–Crippen MR) is 135 cm³/mol. The molecular weight excluding hydrogens is 481 g/mol. The highest BCUT2D eigenvalue weighted by Gasteiger charge is 2.45. The van der Waals surface area contributed by atoms with E-state index in [-0.39, 0.29) is 5.69 Å². The first-order chi connectivity index (χ1) is 17.8. The second-order valence-corrected chi connectivity index (χ2v) is 9.38. The van der Waals surface area contributed by atoms with Gasteiger partial charge in [0.15, 0.2) is 0 Å². The molecule has 1 saturated heterocycles. The molecule has 2 N–H and O–H groups in total. The number of piperazine rings is 1. The van der Waals surface area contributed by atoms with Gasteiger partial charge in [0.25, 0.3) is 0 Å². The minimum absolute atomic E-state index is 0.234. The average Bonchev–Trinajstić information content (AvgIpc) is 3.60. The van der Waals surface area contributed by atoms with Crippen molar-refractivity contribution in [2.24, 2.45) is 0 Å². The molecular formula is C27H27F3N6O. The summed E-state index contributed by atoms with van der Waals surface area (Å²) >= 11 is 0. The van der Waals surface area contributed by atoms with Gasteiger partial charge in [0.05, 0.1) is 11.3 Å². The van der Waals surface area contributed by atoms with Crippen molar-refractivity contribution in [3.8, 4) is 28.6 Å². The minimum Gasteiger partial charge on any atom is -0.355 e. The topological polar surface area (TPSA) is 88.0 Å². The number of carbonyl (C=O) groups is 1. The number of aromatic amines is 1. The number of benzene rings is 1. The number of H-pyrrole nitrogens is 1. The molecule has 10 heteroatoms. The number of nitriles is 1. The Morgan fingerprint density at radius 3 is 2.41 bits per heavy atom. The van der Waals surface area contributed by atoms with E-state index in [1.165, 1.54) is 0 Å². The number of carbonyl (C=O) groups excluding carboxylic acids is 1. The van der Waals surface area contributed by atoms with Crippen LogP contribution in [0.2, 0.25) is 0 Å². The molecule has 1 aliphatic heterocycles. The molecule has 0 unspecified atom stereocenters. The molecule has 1 amide bonds. The lowest BCUT2D eigenvalue weighted by atomic mass is 10.1. The number of rotatable bonds is 5. The van der Waals surface area contributed by atoms with Gasteiger partial charge in [0.2, 0.25) is 0 Å². The van der Waals surface area contributed by atoms with E-state index in [4.69, 9.17) is 0 Å². The van der Waals surface area contributed by atoms with Gasteiger partial charge in [-0.05, 0) is 43.2 Å². The Labute approximate surface area is 212 Å². The van der Waals surface area contributed by atoms with Crippen LogP contribution in [0.4, 0.5) is 24.7 Å². The van der Waals surface area contributed by atoms with Crippen molar-refractivity contribution in [3.63, 3.8) is 0 Å². The minimum atomic E-state index is -4.93. The van der Waals surface area contributed by atoms with Crippen molar-refractivity contribution in [2.75, 3.05) is 36.0 Å². The Morgan fingerprint density at radius 1 is 1.05 bits per heavy atom. The number of aromatic nitrogens is 2. The molecule has 5 rings (SSSR count). The molecule has 3 aromatic rings. The summed E-state index contributed by atoms with van der Waals surface area (Å²) in [5, 5.41) is 13.0. The maximum Gasteiger partial charge on any atom is 0.471 e. The summed E-state index contributed by atoms with van der Waals surface area (Å²) in [6.07, 6.45) is -0.533. The van der Waals surface area contributed by atoms with E-state index >= 15 is 0 Å². The second-order valence-electron chi connectivity index (χ2n) is 9.38. The van der Waals surface area contributed by atoms with E-state index in [0.717, 1.165) is 61.0 Å². The van der Waals surface area contributed by atoms with Gasteiger partial charge in [-0.3, -0.25) is 9.78 Å². The standard InChI is InChI=1S/C27H27F3N6O/c28-27(29,30)26(37)36(21-3-1-2-4-21)22-7-5-18(6-8-22)23-15-19(9-10-33-23)24-16-20(17-31)25(34-24)35-13-11-32-12-14-35/h5-10,15-16,21,32,34H,1-4,11-14H2. The number of anilines is 2. The normalized spacial score (nSPS) is 16.5. The molecule has 1 aliphatic carbocycles. The van der Waals surface area contributed by atoms with Crippen LogP contribution in [0.25, 0.3) is 22.5 Å². The number of hydrogen-bond donors (Lipinski definition) is 2. The predicted octanol–water partition coefficient (Wildman–Crippen LogP) is 4.86. The Bertz CT molecular complexity index is 1300. The zero-order valence-corrected chi connectivity index (χ0v) is 20.2. The number of amides is 1. The van der Waals surface area contributed by atoms with Gasteiger partial charge in [-0.15, -0.1) is 0 Å². The summed E-state index contributed by atoms with van der Waals surface area (Å²) in [5.41, 5.74) is 3.78. The summed E-state index contributed by atoms with van der Waals surface area (Å²) in [7, 11) is 0. The van der Waals surface area contributed by atoms with Gasteiger partial charge in [-0.1, -0.05) is 25.0 Å². The van der Waals surface area contributed by atoms with Crippen molar-refractivity contribution in [2.45, 2.75) is 37.9 Å². The third kappa shape index (κ3) is 5.18. The largest absolute Gasteiger partial charge is 0.471 e. The van der Waals surface area contributed by atoms with Crippen molar-refractivity contribution in [1.82, 2.24) is 15.3 Å². The highest BCUT2D eigenvalue weighted by atomic mass is 19.4. The lowest BCUT2D eigenvalue weighted by molar-refractivity contribution is -0.171. The quantitative estimate of drug-likeness (QED) is 0.514. The fourth-order valence-electron chi connectivity index (χ4n) is 5.16. The third-order valence-corrected chi connectivity index (χ3v) is 7.01. The molecule has 3 heterocycles. The summed E-state index contributed by atoms with van der Waals surface area (Å²) in [6, 6.07) is 13.8. The zero-order chi connectivity index (χ0) is 26.0. The van der Waals surface area contributed by atoms with E-state index in [9.17, 15) is 23.2 Å². The molecule has 2 aromatic heterocycles. The van der Waals surface area contributed by atoms with Gasteiger partial charge in [-0.2, -0.15) is 18.4 Å². The molecule has 0 radical (unpaired) electrons. The van der Waals surface area contributed by atoms with Crippen molar-refractivity contribution in [3.05, 3.63) is 54.2 Å². The maximum atomic E-state index is 13.3. The van der Waals surface area contributed by atoms with Crippen LogP contribution >= 0.6 is 0 Å². The number of alkyl halides is 3. The Morgan fingerprint density at radius 2 is 1.76 bits per heavy atom. The van der Waals surface area contributed by atoms with E-state index in [0.29, 0.717) is 29.7 Å². The molecule has 2 fully saturated rings. The smallest absolute Gasteiger partial charge is 0.355 e. The monoisotopic (exact) mass is 508 g/mol. The Kier molecular flexibility index (Phi) is 6.89. The molecule has 1 aromatic carbocycles. The lowest BCUT2D eigenvalue weighted by Crippen LogP contribution is -2.46. The average molecular weight is 509 g/mol. The summed E-state index contributed by atoms with van der Waals surface area (Å²) in [6.45, 7) is 3.30. The molecule has 2 aliphatic rings. The molecule has 0 atom stereocenters. The SMILES string of the molecule is N#Cc1cc(-c2ccnc(-c3ccc(N(C(=O)C(F)(F)F)C4CCCC4)cc3)c2)[nH]c1N1CCNCC1. The first-order valence-corrected chi connectivity index (χ1v) is 12.4. The van der Waals surface area contributed by atoms with Crippen LogP contribution in [0.1, 0.15) is 31.2 Å². The first-order valence-electron chi connectivity index (χ1n) is 12.4. The van der Waals surface area contributed by atoms with Crippen molar-refractivity contribution >= 4 is 17.4 Å². The lowest BCUT2D eigenvalue weighted by Gasteiger charge is -2.30. The second kappa shape index (κ2) is 10.3. The number of nitrogens with one attached hydrogen (secondary N) is 2. The number of halogens is 3. The zero-order valence-electron chi connectivity index (χ0n) is 20.2. The van der Waals surface area contributed by atoms with Gasteiger partial charge in [0.1, 0.15) is 11.9 Å². The summed E-state index contributed by atoms with van der Waals surface area (Å²) in [5.74, 6) is -1.03. The molecule has 0 bridgehead atoms. The fraction of sp³-hybridized carbons (Fsp3) is 0.370. The Balaban J connectivity index is 1.42. The van der Waals surface area contributed by atoms with Crippen molar-refractivity contribution in [1.29, 1.82) is 5.26 Å².